The maximum Gasteiger partial charge on any atom is 0.328 e. The third-order valence-corrected chi connectivity index (χ3v) is 1.90. The van der Waals surface area contributed by atoms with Crippen molar-refractivity contribution in [1.82, 2.24) is 9.55 Å². The van der Waals surface area contributed by atoms with E-state index in [1.165, 1.54) is 16.8 Å². The van der Waals surface area contributed by atoms with Crippen molar-refractivity contribution < 1.29 is 0 Å². The van der Waals surface area contributed by atoms with Gasteiger partial charge in [-0.2, -0.15) is 0 Å². The molecule has 1 heterocycles. The van der Waals surface area contributed by atoms with E-state index in [1.807, 2.05) is 13.8 Å². The summed E-state index contributed by atoms with van der Waals surface area (Å²) in [7, 11) is 0. The predicted octanol–water partition coefficient (Wildman–Crippen LogP) is 1.75. The average Bonchev–Trinajstić information content (AvgIpc) is 2.24. The summed E-state index contributed by atoms with van der Waals surface area (Å²) >= 11 is 0. The highest BCUT2D eigenvalue weighted by Crippen LogP contribution is 1.94. The van der Waals surface area contributed by atoms with Crippen LogP contribution in [0.5, 0.6) is 0 Å². The number of hydrogen-bond acceptors (Lipinski definition) is 2. The molecule has 0 fully saturated rings. The van der Waals surface area contributed by atoms with Crippen molar-refractivity contribution in [3.8, 4) is 0 Å². The molecular formula is C11H20N2O2. The fourth-order valence-corrected chi connectivity index (χ4v) is 1.15. The second-order valence-corrected chi connectivity index (χ2v) is 3.01. The summed E-state index contributed by atoms with van der Waals surface area (Å²) in [4.78, 5) is 24.1. The van der Waals surface area contributed by atoms with Crippen LogP contribution in [0.3, 0.4) is 0 Å². The van der Waals surface area contributed by atoms with Crippen LogP contribution in [0.2, 0.25) is 0 Å². The van der Waals surface area contributed by atoms with E-state index in [0.29, 0.717) is 6.54 Å². The number of nitrogens with one attached hydrogen (secondary N) is 1. The van der Waals surface area contributed by atoms with Crippen molar-refractivity contribution in [3.63, 3.8) is 0 Å². The van der Waals surface area contributed by atoms with Gasteiger partial charge in [-0.25, -0.2) is 4.79 Å². The summed E-state index contributed by atoms with van der Waals surface area (Å²) in [5.74, 6) is 0. The molecule has 0 radical (unpaired) electrons. The number of hydrogen-bond donors (Lipinski definition) is 1. The molecule has 1 aromatic rings. The molecular weight excluding hydrogens is 192 g/mol. The van der Waals surface area contributed by atoms with E-state index in [-0.39, 0.29) is 11.2 Å². The smallest absolute Gasteiger partial charge is 0.301 e. The van der Waals surface area contributed by atoms with Crippen LogP contribution in [0.1, 0.15) is 40.0 Å². The fourth-order valence-electron chi connectivity index (χ4n) is 1.15. The Bertz CT molecular complexity index is 365. The quantitative estimate of drug-likeness (QED) is 0.773. The van der Waals surface area contributed by atoms with Gasteiger partial charge in [0.1, 0.15) is 0 Å². The number of rotatable bonds is 4. The van der Waals surface area contributed by atoms with Gasteiger partial charge in [-0.05, 0) is 6.42 Å². The predicted molar refractivity (Wildman–Crippen MR) is 62.2 cm³/mol. The number of aromatic amines is 1. The first-order chi connectivity index (χ1) is 7.24. The maximum atomic E-state index is 11.1. The molecule has 1 rings (SSSR count). The topological polar surface area (TPSA) is 54.9 Å². The standard InChI is InChI=1S/C9H14N2O2.C2H6/c1-2-3-4-6-11-7-5-8(12)10-9(11)13;1-2/h5,7H,2-4,6H2,1H3,(H,10,12,13);1-2H3. The normalized spacial score (nSPS) is 9.27. The molecule has 0 saturated carbocycles. The van der Waals surface area contributed by atoms with Crippen molar-refractivity contribution >= 4 is 0 Å². The molecule has 0 aliphatic carbocycles. The first-order valence-electron chi connectivity index (χ1n) is 5.54. The second kappa shape index (κ2) is 8.03. The molecule has 1 aromatic heterocycles. The van der Waals surface area contributed by atoms with Crippen molar-refractivity contribution in [3.05, 3.63) is 33.1 Å². The van der Waals surface area contributed by atoms with Gasteiger partial charge in [0.2, 0.25) is 0 Å². The van der Waals surface area contributed by atoms with Gasteiger partial charge in [0.25, 0.3) is 5.56 Å². The Morgan fingerprint density at radius 1 is 1.27 bits per heavy atom. The Balaban J connectivity index is 0.000000921. The summed E-state index contributed by atoms with van der Waals surface area (Å²) in [6, 6.07) is 1.37. The van der Waals surface area contributed by atoms with E-state index >= 15 is 0 Å². The van der Waals surface area contributed by atoms with Crippen LogP contribution < -0.4 is 11.2 Å². The van der Waals surface area contributed by atoms with Crippen molar-refractivity contribution in [2.24, 2.45) is 0 Å². The number of unbranched alkanes of at least 4 members (excludes halogenated alkanes) is 2. The lowest BCUT2D eigenvalue weighted by molar-refractivity contribution is 0.575. The molecule has 0 aliphatic rings. The molecule has 0 saturated heterocycles. The zero-order valence-corrected chi connectivity index (χ0v) is 9.75. The van der Waals surface area contributed by atoms with E-state index in [1.54, 1.807) is 0 Å². The van der Waals surface area contributed by atoms with Crippen LogP contribution in [0.15, 0.2) is 21.9 Å². The summed E-state index contributed by atoms with van der Waals surface area (Å²) in [6.45, 7) is 6.79. The first kappa shape index (κ1) is 13.7. The Kier molecular flexibility index (Phi) is 7.32. The van der Waals surface area contributed by atoms with Gasteiger partial charge >= 0.3 is 5.69 Å². The average molecular weight is 212 g/mol. The molecule has 1 N–H and O–H groups in total. The van der Waals surface area contributed by atoms with E-state index < -0.39 is 0 Å². The molecule has 0 aromatic carbocycles. The van der Waals surface area contributed by atoms with Gasteiger partial charge in [0.05, 0.1) is 0 Å². The van der Waals surface area contributed by atoms with E-state index in [4.69, 9.17) is 0 Å². The van der Waals surface area contributed by atoms with E-state index in [0.717, 1.165) is 19.3 Å². The van der Waals surface area contributed by atoms with Crippen molar-refractivity contribution in [2.45, 2.75) is 46.6 Å². The highest BCUT2D eigenvalue weighted by molar-refractivity contribution is 4.82. The minimum absolute atomic E-state index is 0.316. The van der Waals surface area contributed by atoms with Gasteiger partial charge in [0.15, 0.2) is 0 Å². The lowest BCUT2D eigenvalue weighted by atomic mass is 10.2. The van der Waals surface area contributed by atoms with E-state index in [2.05, 4.69) is 11.9 Å². The summed E-state index contributed by atoms with van der Waals surface area (Å²) in [5.41, 5.74) is -0.652. The van der Waals surface area contributed by atoms with Crippen molar-refractivity contribution in [2.75, 3.05) is 0 Å². The molecule has 4 nitrogen and oxygen atoms in total. The summed E-state index contributed by atoms with van der Waals surface area (Å²) in [6.07, 6.45) is 4.74. The van der Waals surface area contributed by atoms with Crippen LogP contribution in [-0.2, 0) is 6.54 Å². The fraction of sp³-hybridized carbons (Fsp3) is 0.636. The molecule has 4 heteroatoms. The molecule has 0 spiro atoms. The van der Waals surface area contributed by atoms with Gasteiger partial charge < -0.3 is 4.57 Å². The van der Waals surface area contributed by atoms with Crippen LogP contribution in [0.4, 0.5) is 0 Å². The van der Waals surface area contributed by atoms with Gasteiger partial charge in [-0.3, -0.25) is 9.78 Å². The van der Waals surface area contributed by atoms with Crippen molar-refractivity contribution in [1.29, 1.82) is 0 Å². The summed E-state index contributed by atoms with van der Waals surface area (Å²) < 4.78 is 1.52. The molecule has 86 valence electrons. The molecule has 0 bridgehead atoms. The number of aromatic nitrogens is 2. The number of aryl methyl sites for hydroxylation is 1. The third-order valence-electron chi connectivity index (χ3n) is 1.90. The minimum atomic E-state index is -0.336. The first-order valence-corrected chi connectivity index (χ1v) is 5.54. The zero-order chi connectivity index (χ0) is 11.7. The molecule has 0 amide bonds. The van der Waals surface area contributed by atoms with Gasteiger partial charge in [-0.15, -0.1) is 0 Å². The highest BCUT2D eigenvalue weighted by atomic mass is 16.2. The highest BCUT2D eigenvalue weighted by Gasteiger charge is 1.94. The van der Waals surface area contributed by atoms with Crippen LogP contribution in [0.25, 0.3) is 0 Å². The number of nitrogens with zero attached hydrogens (tertiary/aromatic N) is 1. The molecule has 0 aliphatic heterocycles. The second-order valence-electron chi connectivity index (χ2n) is 3.01. The van der Waals surface area contributed by atoms with Gasteiger partial charge in [-0.1, -0.05) is 33.6 Å². The maximum absolute atomic E-state index is 11.1. The largest absolute Gasteiger partial charge is 0.328 e. The lowest BCUT2D eigenvalue weighted by Crippen LogP contribution is -2.28. The van der Waals surface area contributed by atoms with Crippen LogP contribution in [-0.4, -0.2) is 9.55 Å². The summed E-state index contributed by atoms with van der Waals surface area (Å²) in [5, 5.41) is 0. The van der Waals surface area contributed by atoms with Gasteiger partial charge in [0, 0.05) is 18.8 Å². The van der Waals surface area contributed by atoms with Crippen LogP contribution in [0, 0.1) is 0 Å². The third kappa shape index (κ3) is 5.20. The minimum Gasteiger partial charge on any atom is -0.301 e. The Labute approximate surface area is 90.0 Å². The number of H-pyrrole nitrogens is 1. The van der Waals surface area contributed by atoms with Crippen LogP contribution >= 0.6 is 0 Å². The molecule has 15 heavy (non-hydrogen) atoms. The Morgan fingerprint density at radius 3 is 2.47 bits per heavy atom. The van der Waals surface area contributed by atoms with E-state index in [9.17, 15) is 9.59 Å². The molecule has 0 atom stereocenters. The lowest BCUT2D eigenvalue weighted by Gasteiger charge is -2.02. The molecule has 0 unspecified atom stereocenters. The Morgan fingerprint density at radius 2 is 1.93 bits per heavy atom. The zero-order valence-electron chi connectivity index (χ0n) is 9.75. The Hall–Kier alpha value is -1.32. The monoisotopic (exact) mass is 212 g/mol. The SMILES string of the molecule is CC.CCCCCn1ccc(=O)[nH]c1=O.